The summed E-state index contributed by atoms with van der Waals surface area (Å²) in [6.45, 7) is 1.80. The van der Waals surface area contributed by atoms with Crippen LogP contribution in [0.1, 0.15) is 11.3 Å². The van der Waals surface area contributed by atoms with Crippen LogP contribution in [0, 0.1) is 6.92 Å². The minimum absolute atomic E-state index is 0.211. The average molecular weight is 355 g/mol. The Bertz CT molecular complexity index is 1070. The van der Waals surface area contributed by atoms with Gasteiger partial charge < -0.3 is 0 Å². The van der Waals surface area contributed by atoms with Gasteiger partial charge in [0.15, 0.2) is 11.6 Å². The number of aromatic nitrogens is 5. The van der Waals surface area contributed by atoms with Crippen molar-refractivity contribution in [3.05, 3.63) is 66.0 Å². The molecule has 0 unspecified atom stereocenters. The van der Waals surface area contributed by atoms with Crippen LogP contribution in [0.15, 0.2) is 54.7 Å². The lowest BCUT2D eigenvalue weighted by molar-refractivity contribution is -0.137. The van der Waals surface area contributed by atoms with Crippen LogP contribution in [0.3, 0.4) is 0 Å². The lowest BCUT2D eigenvalue weighted by Gasteiger charge is -2.08. The molecule has 0 aliphatic heterocycles. The predicted molar refractivity (Wildman–Crippen MR) is 89.6 cm³/mol. The molecule has 3 heterocycles. The second kappa shape index (κ2) is 5.91. The number of imidazole rings is 1. The first-order valence-corrected chi connectivity index (χ1v) is 7.75. The number of nitrogens with zero attached hydrogens (tertiary/aromatic N) is 5. The maximum atomic E-state index is 13.0. The van der Waals surface area contributed by atoms with Gasteiger partial charge >= 0.3 is 6.18 Å². The van der Waals surface area contributed by atoms with Gasteiger partial charge in [0.25, 0.3) is 0 Å². The lowest BCUT2D eigenvalue weighted by atomic mass is 10.2. The van der Waals surface area contributed by atoms with E-state index in [9.17, 15) is 13.2 Å². The number of fused-ring (bicyclic) bond motifs is 1. The van der Waals surface area contributed by atoms with Crippen LogP contribution in [-0.2, 0) is 6.18 Å². The van der Waals surface area contributed by atoms with Crippen LogP contribution in [0.5, 0.6) is 0 Å². The van der Waals surface area contributed by atoms with Crippen molar-refractivity contribution >= 4 is 11.0 Å². The van der Waals surface area contributed by atoms with Gasteiger partial charge in [0.05, 0.1) is 22.3 Å². The van der Waals surface area contributed by atoms with Gasteiger partial charge in [-0.05, 0) is 49.4 Å². The maximum Gasteiger partial charge on any atom is 0.416 e. The Hall–Kier alpha value is -3.29. The zero-order chi connectivity index (χ0) is 18.3. The van der Waals surface area contributed by atoms with Crippen LogP contribution in [0.4, 0.5) is 13.2 Å². The summed E-state index contributed by atoms with van der Waals surface area (Å²) in [5.41, 5.74) is 1.22. The quantitative estimate of drug-likeness (QED) is 0.541. The van der Waals surface area contributed by atoms with E-state index in [0.717, 1.165) is 17.8 Å². The molecule has 0 aliphatic rings. The molecule has 1 aromatic carbocycles. The van der Waals surface area contributed by atoms with Gasteiger partial charge in [0.2, 0.25) is 0 Å². The van der Waals surface area contributed by atoms with Crippen molar-refractivity contribution in [3.8, 4) is 17.3 Å². The highest BCUT2D eigenvalue weighted by atomic mass is 19.4. The largest absolute Gasteiger partial charge is 0.416 e. The Morgan fingerprint density at radius 2 is 1.81 bits per heavy atom. The number of pyridine rings is 1. The molecule has 8 heteroatoms. The molecule has 3 aromatic heterocycles. The standard InChI is InChI=1S/C18H12F3N5/c1-11-5-8-16(25-24-11)26-15-7-6-12(18(19,20)21)10-14(15)23-17(26)13-4-2-3-9-22-13/h2-10H,1H3. The van der Waals surface area contributed by atoms with Crippen LogP contribution < -0.4 is 0 Å². The Morgan fingerprint density at radius 3 is 2.46 bits per heavy atom. The lowest BCUT2D eigenvalue weighted by Crippen LogP contribution is -2.05. The number of halogens is 3. The van der Waals surface area contributed by atoms with Crippen LogP contribution in [-0.4, -0.2) is 24.7 Å². The highest BCUT2D eigenvalue weighted by molar-refractivity contribution is 5.83. The van der Waals surface area contributed by atoms with E-state index in [1.54, 1.807) is 48.0 Å². The van der Waals surface area contributed by atoms with Crippen molar-refractivity contribution in [3.63, 3.8) is 0 Å². The van der Waals surface area contributed by atoms with E-state index in [2.05, 4.69) is 20.2 Å². The summed E-state index contributed by atoms with van der Waals surface area (Å²) in [7, 11) is 0. The number of aryl methyl sites for hydroxylation is 1. The fraction of sp³-hybridized carbons (Fsp3) is 0.111. The van der Waals surface area contributed by atoms with E-state index in [-0.39, 0.29) is 5.52 Å². The minimum atomic E-state index is -4.44. The maximum absolute atomic E-state index is 13.0. The van der Waals surface area contributed by atoms with Gasteiger partial charge in [-0.1, -0.05) is 6.07 Å². The molecule has 0 saturated carbocycles. The molecule has 0 amide bonds. The first-order valence-electron chi connectivity index (χ1n) is 7.75. The van der Waals surface area contributed by atoms with Crippen molar-refractivity contribution in [1.82, 2.24) is 24.7 Å². The summed E-state index contributed by atoms with van der Waals surface area (Å²) in [5.74, 6) is 0.858. The molecule has 0 radical (unpaired) electrons. The zero-order valence-electron chi connectivity index (χ0n) is 13.6. The molecular formula is C18H12F3N5. The topological polar surface area (TPSA) is 56.5 Å². The molecule has 0 N–H and O–H groups in total. The molecule has 4 aromatic rings. The summed E-state index contributed by atoms with van der Waals surface area (Å²) in [6, 6.07) is 12.2. The highest BCUT2D eigenvalue weighted by Crippen LogP contribution is 2.33. The molecule has 0 aliphatic carbocycles. The van der Waals surface area contributed by atoms with Gasteiger partial charge in [-0.25, -0.2) is 4.98 Å². The van der Waals surface area contributed by atoms with Crippen molar-refractivity contribution in [2.45, 2.75) is 13.1 Å². The Kier molecular flexibility index (Phi) is 3.68. The number of hydrogen-bond acceptors (Lipinski definition) is 4. The minimum Gasteiger partial charge on any atom is -0.273 e. The summed E-state index contributed by atoms with van der Waals surface area (Å²) < 4.78 is 40.8. The van der Waals surface area contributed by atoms with Crippen LogP contribution >= 0.6 is 0 Å². The van der Waals surface area contributed by atoms with Gasteiger partial charge in [0.1, 0.15) is 5.69 Å². The molecule has 4 rings (SSSR count). The SMILES string of the molecule is Cc1ccc(-n2c(-c3ccccn3)nc3cc(C(F)(F)F)ccc32)nn1. The second-order valence-corrected chi connectivity index (χ2v) is 5.72. The van der Waals surface area contributed by atoms with Gasteiger partial charge in [0, 0.05) is 6.20 Å². The smallest absolute Gasteiger partial charge is 0.273 e. The van der Waals surface area contributed by atoms with E-state index in [4.69, 9.17) is 0 Å². The van der Waals surface area contributed by atoms with E-state index >= 15 is 0 Å². The Labute approximate surface area is 146 Å². The fourth-order valence-corrected chi connectivity index (χ4v) is 2.67. The van der Waals surface area contributed by atoms with Crippen molar-refractivity contribution in [2.24, 2.45) is 0 Å². The highest BCUT2D eigenvalue weighted by Gasteiger charge is 2.31. The molecule has 5 nitrogen and oxygen atoms in total. The molecule has 0 atom stereocenters. The molecule has 0 saturated heterocycles. The third-order valence-corrected chi connectivity index (χ3v) is 3.89. The van der Waals surface area contributed by atoms with Crippen molar-refractivity contribution in [1.29, 1.82) is 0 Å². The normalized spacial score (nSPS) is 11.8. The summed E-state index contributed by atoms with van der Waals surface area (Å²) >= 11 is 0. The first kappa shape index (κ1) is 16.2. The number of benzene rings is 1. The first-order chi connectivity index (χ1) is 12.4. The monoisotopic (exact) mass is 355 g/mol. The van der Waals surface area contributed by atoms with Gasteiger partial charge in [-0.3, -0.25) is 9.55 Å². The number of rotatable bonds is 2. The molecule has 0 fully saturated rings. The Morgan fingerprint density at radius 1 is 0.962 bits per heavy atom. The van der Waals surface area contributed by atoms with E-state index in [1.165, 1.54) is 6.07 Å². The zero-order valence-corrected chi connectivity index (χ0v) is 13.6. The predicted octanol–water partition coefficient (Wildman–Crippen LogP) is 4.20. The van der Waals surface area contributed by atoms with Gasteiger partial charge in [-0.15, -0.1) is 5.10 Å². The Balaban J connectivity index is 2.01. The second-order valence-electron chi connectivity index (χ2n) is 5.72. The third kappa shape index (κ3) is 2.79. The molecule has 130 valence electrons. The third-order valence-electron chi connectivity index (χ3n) is 3.89. The van der Waals surface area contributed by atoms with Crippen LogP contribution in [0.25, 0.3) is 28.4 Å². The van der Waals surface area contributed by atoms with Crippen molar-refractivity contribution in [2.75, 3.05) is 0 Å². The number of alkyl halides is 3. The van der Waals surface area contributed by atoms with Crippen LogP contribution in [0.2, 0.25) is 0 Å². The van der Waals surface area contributed by atoms with Gasteiger partial charge in [-0.2, -0.15) is 18.3 Å². The summed E-state index contributed by atoms with van der Waals surface area (Å²) in [5, 5.41) is 8.19. The van der Waals surface area contributed by atoms with Crippen molar-refractivity contribution < 1.29 is 13.2 Å². The molecule has 0 spiro atoms. The number of hydrogen-bond donors (Lipinski definition) is 0. The average Bonchev–Trinajstić information content (AvgIpc) is 3.01. The van der Waals surface area contributed by atoms with E-state index < -0.39 is 11.7 Å². The summed E-state index contributed by atoms with van der Waals surface area (Å²) in [4.78, 5) is 8.65. The van der Waals surface area contributed by atoms with E-state index in [1.807, 2.05) is 0 Å². The summed E-state index contributed by atoms with van der Waals surface area (Å²) in [6.07, 6.45) is -2.84. The fourth-order valence-electron chi connectivity index (χ4n) is 2.67. The molecule has 0 bridgehead atoms. The van der Waals surface area contributed by atoms with E-state index in [0.29, 0.717) is 22.9 Å². The molecule has 26 heavy (non-hydrogen) atoms. The molecular weight excluding hydrogens is 343 g/mol.